The number of phenols is 1. The number of hydrogen-bond acceptors (Lipinski definition) is 2. The number of aliphatic hydroxyl groups excluding tert-OH is 1. The number of hydrogen-bond donors (Lipinski definition) is 2. The molecule has 0 bridgehead atoms. The zero-order valence-electron chi connectivity index (χ0n) is 11.3. The van der Waals surface area contributed by atoms with Gasteiger partial charge in [0.05, 0.1) is 11.1 Å². The SMILES string of the molecule is C[C@]12CC[C@@H](c3ccc(O)c(Cl)c3)C[C@H]1CC[C@@H]2O. The van der Waals surface area contributed by atoms with Crippen LogP contribution in [0.4, 0.5) is 0 Å². The molecular formula is C16H21ClO2. The second-order valence-electron chi connectivity index (χ2n) is 6.48. The number of fused-ring (bicyclic) bond motifs is 1. The van der Waals surface area contributed by atoms with Gasteiger partial charge in [0.1, 0.15) is 5.75 Å². The lowest BCUT2D eigenvalue weighted by Crippen LogP contribution is -2.36. The predicted molar refractivity (Wildman–Crippen MR) is 76.5 cm³/mol. The van der Waals surface area contributed by atoms with Crippen LogP contribution in [0.25, 0.3) is 0 Å². The minimum Gasteiger partial charge on any atom is -0.506 e. The lowest BCUT2D eigenvalue weighted by Gasteiger charge is -2.42. The summed E-state index contributed by atoms with van der Waals surface area (Å²) >= 11 is 6.00. The molecule has 0 saturated heterocycles. The molecule has 2 N–H and O–H groups in total. The molecule has 1 aromatic carbocycles. The fourth-order valence-electron chi connectivity index (χ4n) is 4.07. The molecule has 2 aliphatic rings. The minimum absolute atomic E-state index is 0.122. The largest absolute Gasteiger partial charge is 0.506 e. The highest BCUT2D eigenvalue weighted by molar-refractivity contribution is 6.32. The average Bonchev–Trinajstić information content (AvgIpc) is 2.69. The molecule has 0 aromatic heterocycles. The fraction of sp³-hybridized carbons (Fsp3) is 0.625. The van der Waals surface area contributed by atoms with Crippen LogP contribution in [0.2, 0.25) is 5.02 Å². The smallest absolute Gasteiger partial charge is 0.134 e. The zero-order chi connectivity index (χ0) is 13.6. The molecule has 2 fully saturated rings. The molecule has 0 unspecified atom stereocenters. The Kier molecular flexibility index (Phi) is 3.26. The number of rotatable bonds is 1. The number of phenolic OH excluding ortho intramolecular Hbond substituents is 1. The van der Waals surface area contributed by atoms with E-state index in [9.17, 15) is 10.2 Å². The Morgan fingerprint density at radius 3 is 2.79 bits per heavy atom. The Bertz CT molecular complexity index is 488. The summed E-state index contributed by atoms with van der Waals surface area (Å²) in [5, 5.41) is 20.1. The van der Waals surface area contributed by atoms with Crippen LogP contribution in [0.3, 0.4) is 0 Å². The van der Waals surface area contributed by atoms with Crippen LogP contribution in [0.15, 0.2) is 18.2 Å². The normalized spacial score (nSPS) is 38.2. The van der Waals surface area contributed by atoms with Crippen molar-refractivity contribution in [2.75, 3.05) is 0 Å². The number of aliphatic hydroxyl groups is 1. The molecule has 0 radical (unpaired) electrons. The highest BCUT2D eigenvalue weighted by Gasteiger charge is 2.48. The number of aromatic hydroxyl groups is 1. The van der Waals surface area contributed by atoms with Gasteiger partial charge in [-0.25, -0.2) is 0 Å². The Labute approximate surface area is 119 Å². The van der Waals surface area contributed by atoms with Gasteiger partial charge in [0.2, 0.25) is 0 Å². The summed E-state index contributed by atoms with van der Waals surface area (Å²) < 4.78 is 0. The fourth-order valence-corrected chi connectivity index (χ4v) is 4.26. The molecule has 3 rings (SSSR count). The van der Waals surface area contributed by atoms with Crippen molar-refractivity contribution in [2.24, 2.45) is 11.3 Å². The van der Waals surface area contributed by atoms with E-state index in [1.165, 1.54) is 5.56 Å². The maximum absolute atomic E-state index is 10.2. The van der Waals surface area contributed by atoms with E-state index in [-0.39, 0.29) is 17.3 Å². The van der Waals surface area contributed by atoms with E-state index in [0.29, 0.717) is 16.9 Å². The summed E-state index contributed by atoms with van der Waals surface area (Å²) in [6, 6.07) is 5.57. The number of halogens is 1. The van der Waals surface area contributed by atoms with E-state index < -0.39 is 0 Å². The summed E-state index contributed by atoms with van der Waals surface area (Å²) in [7, 11) is 0. The molecule has 104 valence electrons. The molecule has 4 atom stereocenters. The second kappa shape index (κ2) is 4.68. The van der Waals surface area contributed by atoms with Gasteiger partial charge >= 0.3 is 0 Å². The van der Waals surface area contributed by atoms with Crippen molar-refractivity contribution in [1.82, 2.24) is 0 Å². The number of benzene rings is 1. The highest BCUT2D eigenvalue weighted by atomic mass is 35.5. The van der Waals surface area contributed by atoms with Gasteiger partial charge in [-0.3, -0.25) is 0 Å². The van der Waals surface area contributed by atoms with E-state index in [0.717, 1.165) is 32.1 Å². The summed E-state index contributed by atoms with van der Waals surface area (Å²) in [4.78, 5) is 0. The first kappa shape index (κ1) is 13.3. The highest BCUT2D eigenvalue weighted by Crippen LogP contribution is 2.55. The first-order valence-electron chi connectivity index (χ1n) is 7.17. The van der Waals surface area contributed by atoms with Crippen molar-refractivity contribution in [3.05, 3.63) is 28.8 Å². The molecule has 0 spiro atoms. The van der Waals surface area contributed by atoms with E-state index in [1.807, 2.05) is 12.1 Å². The quantitative estimate of drug-likeness (QED) is 0.813. The van der Waals surface area contributed by atoms with Crippen molar-refractivity contribution < 1.29 is 10.2 Å². The first-order valence-corrected chi connectivity index (χ1v) is 7.55. The van der Waals surface area contributed by atoms with Crippen LogP contribution in [0, 0.1) is 11.3 Å². The zero-order valence-corrected chi connectivity index (χ0v) is 12.0. The topological polar surface area (TPSA) is 40.5 Å². The van der Waals surface area contributed by atoms with Gasteiger partial charge in [-0.1, -0.05) is 24.6 Å². The molecule has 0 heterocycles. The van der Waals surface area contributed by atoms with E-state index >= 15 is 0 Å². The van der Waals surface area contributed by atoms with E-state index in [2.05, 4.69) is 6.92 Å². The summed E-state index contributed by atoms with van der Waals surface area (Å²) in [5.41, 5.74) is 1.35. The Morgan fingerprint density at radius 1 is 1.26 bits per heavy atom. The van der Waals surface area contributed by atoms with Gasteiger partial charge in [0, 0.05) is 0 Å². The third-order valence-electron chi connectivity index (χ3n) is 5.53. The molecular weight excluding hydrogens is 260 g/mol. The van der Waals surface area contributed by atoms with Gasteiger partial charge in [-0.05, 0) is 67.1 Å². The molecule has 2 nitrogen and oxygen atoms in total. The van der Waals surface area contributed by atoms with Crippen LogP contribution in [0.5, 0.6) is 5.75 Å². The van der Waals surface area contributed by atoms with Crippen LogP contribution in [-0.4, -0.2) is 16.3 Å². The lowest BCUT2D eigenvalue weighted by atomic mass is 9.64. The maximum Gasteiger partial charge on any atom is 0.134 e. The molecule has 19 heavy (non-hydrogen) atoms. The van der Waals surface area contributed by atoms with Crippen molar-refractivity contribution in [3.63, 3.8) is 0 Å². The van der Waals surface area contributed by atoms with Gasteiger partial charge in [0.25, 0.3) is 0 Å². The standard InChI is InChI=1S/C16H21ClO2/c1-16-7-6-11(8-12(16)3-5-15(16)19)10-2-4-14(18)13(17)9-10/h2,4,9,11-12,15,18-19H,3,5-8H2,1H3/t11-,12-,15+,16+/m1/s1. The molecule has 1 aromatic rings. The third-order valence-corrected chi connectivity index (χ3v) is 5.83. The predicted octanol–water partition coefficient (Wildman–Crippen LogP) is 4.09. The van der Waals surface area contributed by atoms with Crippen LogP contribution in [0.1, 0.15) is 50.5 Å². The Hall–Kier alpha value is -0.730. The summed E-state index contributed by atoms with van der Waals surface area (Å²) in [5.74, 6) is 1.29. The molecule has 2 saturated carbocycles. The van der Waals surface area contributed by atoms with E-state index in [1.54, 1.807) is 6.07 Å². The maximum atomic E-state index is 10.2. The monoisotopic (exact) mass is 280 g/mol. The first-order chi connectivity index (χ1) is 9.00. The van der Waals surface area contributed by atoms with Crippen molar-refractivity contribution in [1.29, 1.82) is 0 Å². The molecule has 0 aliphatic heterocycles. The summed E-state index contributed by atoms with van der Waals surface area (Å²) in [6.45, 7) is 2.25. The summed E-state index contributed by atoms with van der Waals surface area (Å²) in [6.07, 6.45) is 5.29. The van der Waals surface area contributed by atoms with E-state index in [4.69, 9.17) is 11.6 Å². The van der Waals surface area contributed by atoms with Crippen molar-refractivity contribution in [2.45, 2.75) is 51.0 Å². The van der Waals surface area contributed by atoms with Crippen LogP contribution < -0.4 is 0 Å². The van der Waals surface area contributed by atoms with Crippen LogP contribution in [-0.2, 0) is 0 Å². The second-order valence-corrected chi connectivity index (χ2v) is 6.89. The molecule has 2 aliphatic carbocycles. The Morgan fingerprint density at radius 2 is 2.05 bits per heavy atom. The lowest BCUT2D eigenvalue weighted by molar-refractivity contribution is 0.00872. The van der Waals surface area contributed by atoms with Gasteiger partial charge in [-0.2, -0.15) is 0 Å². The Balaban J connectivity index is 1.80. The van der Waals surface area contributed by atoms with Gasteiger partial charge in [0.15, 0.2) is 0 Å². The van der Waals surface area contributed by atoms with Gasteiger partial charge in [-0.15, -0.1) is 0 Å². The average molecular weight is 281 g/mol. The molecule has 0 amide bonds. The molecule has 3 heteroatoms. The van der Waals surface area contributed by atoms with Crippen molar-refractivity contribution >= 4 is 11.6 Å². The van der Waals surface area contributed by atoms with Crippen LogP contribution >= 0.6 is 11.6 Å². The third kappa shape index (κ3) is 2.15. The minimum atomic E-state index is -0.123. The van der Waals surface area contributed by atoms with Gasteiger partial charge < -0.3 is 10.2 Å². The van der Waals surface area contributed by atoms with Crippen molar-refractivity contribution in [3.8, 4) is 5.75 Å².